The van der Waals surface area contributed by atoms with Gasteiger partial charge >= 0.3 is 0 Å². The summed E-state index contributed by atoms with van der Waals surface area (Å²) in [5.41, 5.74) is 6.33. The molecule has 0 saturated carbocycles. The molecule has 0 bridgehead atoms. The summed E-state index contributed by atoms with van der Waals surface area (Å²) in [5.74, 6) is 0. The summed E-state index contributed by atoms with van der Waals surface area (Å²) in [5, 5.41) is 0. The minimum Gasteiger partial charge on any atom is -0.299 e. The highest BCUT2D eigenvalue weighted by Gasteiger charge is 2.18. The largest absolute Gasteiger partial charge is 0.299 e. The monoisotopic (exact) mass is 432 g/mol. The van der Waals surface area contributed by atoms with Gasteiger partial charge in [-0.1, -0.05) is 47.6 Å². The Hall–Kier alpha value is -1.36. The Morgan fingerprint density at radius 3 is 2.12 bits per heavy atom. The predicted molar refractivity (Wildman–Crippen MR) is 111 cm³/mol. The fourth-order valence-electron chi connectivity index (χ4n) is 2.83. The topological polar surface area (TPSA) is 17.8 Å². The van der Waals surface area contributed by atoms with Crippen LogP contribution in [0.4, 0.5) is 0 Å². The first-order valence-electron chi connectivity index (χ1n) is 8.35. The van der Waals surface area contributed by atoms with Crippen molar-refractivity contribution in [1.82, 2.24) is 9.55 Å². The van der Waals surface area contributed by atoms with Crippen LogP contribution in [0.15, 0.2) is 42.7 Å². The minimum atomic E-state index is 0.128. The Balaban J connectivity index is 2.21. The standard InChI is InChI=1S/C21H25IN2/c1-20(2,3)14-7-8-18-19(11-14)24(13-23-18)17-10-15(21(4,5)6)9-16(22)12-17/h7-13H,1-6H3. The van der Waals surface area contributed by atoms with Crippen molar-refractivity contribution in [1.29, 1.82) is 0 Å². The number of aromatic nitrogens is 2. The lowest BCUT2D eigenvalue weighted by Gasteiger charge is -2.21. The van der Waals surface area contributed by atoms with Crippen molar-refractivity contribution in [3.05, 3.63) is 57.4 Å². The van der Waals surface area contributed by atoms with Crippen molar-refractivity contribution >= 4 is 33.6 Å². The molecule has 0 N–H and O–H groups in total. The van der Waals surface area contributed by atoms with Crippen molar-refractivity contribution in [3.63, 3.8) is 0 Å². The SMILES string of the molecule is CC(C)(C)c1cc(I)cc(-n2cnc3ccc(C(C)(C)C)cc32)c1. The normalized spacial score (nSPS) is 12.8. The van der Waals surface area contributed by atoms with Gasteiger partial charge in [0.2, 0.25) is 0 Å². The van der Waals surface area contributed by atoms with Gasteiger partial charge in [-0.25, -0.2) is 4.98 Å². The van der Waals surface area contributed by atoms with Crippen LogP contribution in [0.2, 0.25) is 0 Å². The average Bonchev–Trinajstić information content (AvgIpc) is 2.87. The fraction of sp³-hybridized carbons (Fsp3) is 0.381. The minimum absolute atomic E-state index is 0.128. The number of halogens is 1. The van der Waals surface area contributed by atoms with E-state index in [9.17, 15) is 0 Å². The quantitative estimate of drug-likeness (QED) is 0.417. The number of imidazole rings is 1. The van der Waals surface area contributed by atoms with Crippen LogP contribution in [0.5, 0.6) is 0 Å². The highest BCUT2D eigenvalue weighted by Crippen LogP contribution is 2.30. The number of fused-ring (bicyclic) bond motifs is 1. The second-order valence-electron chi connectivity index (χ2n) is 8.52. The average molecular weight is 432 g/mol. The number of hydrogen-bond donors (Lipinski definition) is 0. The van der Waals surface area contributed by atoms with E-state index in [2.05, 4.69) is 110 Å². The van der Waals surface area contributed by atoms with Crippen LogP contribution in [0.1, 0.15) is 52.7 Å². The zero-order valence-electron chi connectivity index (χ0n) is 15.3. The van der Waals surface area contributed by atoms with E-state index < -0.39 is 0 Å². The number of benzene rings is 2. The maximum Gasteiger partial charge on any atom is 0.100 e. The molecule has 0 aliphatic carbocycles. The molecule has 0 spiro atoms. The Morgan fingerprint density at radius 2 is 1.50 bits per heavy atom. The van der Waals surface area contributed by atoms with E-state index in [0.29, 0.717) is 0 Å². The van der Waals surface area contributed by atoms with Crippen LogP contribution >= 0.6 is 22.6 Å². The second kappa shape index (κ2) is 5.87. The van der Waals surface area contributed by atoms with Gasteiger partial charge in [0.1, 0.15) is 6.33 Å². The molecule has 0 atom stereocenters. The molecule has 0 saturated heterocycles. The van der Waals surface area contributed by atoms with E-state index in [1.807, 2.05) is 6.33 Å². The molecule has 0 aliphatic rings. The maximum atomic E-state index is 4.60. The van der Waals surface area contributed by atoms with Crippen molar-refractivity contribution in [3.8, 4) is 5.69 Å². The van der Waals surface area contributed by atoms with E-state index in [4.69, 9.17) is 0 Å². The molecule has 0 aliphatic heterocycles. The molecule has 24 heavy (non-hydrogen) atoms. The number of rotatable bonds is 1. The Kier molecular flexibility index (Phi) is 4.27. The zero-order valence-corrected chi connectivity index (χ0v) is 17.5. The van der Waals surface area contributed by atoms with Gasteiger partial charge in [0.15, 0.2) is 0 Å². The molecule has 0 amide bonds. The van der Waals surface area contributed by atoms with E-state index in [1.54, 1.807) is 0 Å². The van der Waals surface area contributed by atoms with Gasteiger partial charge in [-0.05, 0) is 74.9 Å². The summed E-state index contributed by atoms with van der Waals surface area (Å²) in [6, 6.07) is 13.4. The van der Waals surface area contributed by atoms with Crippen LogP contribution in [-0.2, 0) is 10.8 Å². The van der Waals surface area contributed by atoms with Gasteiger partial charge in [0, 0.05) is 9.26 Å². The van der Waals surface area contributed by atoms with Crippen LogP contribution in [0.3, 0.4) is 0 Å². The number of nitrogens with zero attached hydrogens (tertiary/aromatic N) is 2. The molecule has 1 heterocycles. The summed E-state index contributed by atoms with van der Waals surface area (Å²) in [6.07, 6.45) is 1.94. The first-order valence-corrected chi connectivity index (χ1v) is 9.43. The molecule has 126 valence electrons. The van der Waals surface area contributed by atoms with Crippen molar-refractivity contribution < 1.29 is 0 Å². The van der Waals surface area contributed by atoms with Gasteiger partial charge in [0.05, 0.1) is 11.0 Å². The molecule has 1 aromatic heterocycles. The summed E-state index contributed by atoms with van der Waals surface area (Å²) in [4.78, 5) is 4.60. The first-order chi connectivity index (χ1) is 11.1. The lowest BCUT2D eigenvalue weighted by atomic mass is 9.86. The smallest absolute Gasteiger partial charge is 0.100 e. The van der Waals surface area contributed by atoms with Crippen molar-refractivity contribution in [2.24, 2.45) is 0 Å². The Morgan fingerprint density at radius 1 is 0.833 bits per heavy atom. The third-order valence-electron chi connectivity index (χ3n) is 4.44. The second-order valence-corrected chi connectivity index (χ2v) is 9.76. The van der Waals surface area contributed by atoms with E-state index in [0.717, 1.165) is 5.52 Å². The van der Waals surface area contributed by atoms with Crippen molar-refractivity contribution in [2.75, 3.05) is 0 Å². The fourth-order valence-corrected chi connectivity index (χ4v) is 3.48. The summed E-state index contributed by atoms with van der Waals surface area (Å²) in [6.45, 7) is 13.5. The Bertz CT molecular complexity index is 892. The Labute approximate surface area is 158 Å². The maximum absolute atomic E-state index is 4.60. The van der Waals surface area contributed by atoms with E-state index >= 15 is 0 Å². The molecule has 2 nitrogen and oxygen atoms in total. The number of hydrogen-bond acceptors (Lipinski definition) is 1. The van der Waals surface area contributed by atoms with Crippen LogP contribution in [-0.4, -0.2) is 9.55 Å². The molecule has 0 radical (unpaired) electrons. The highest BCUT2D eigenvalue weighted by atomic mass is 127. The lowest BCUT2D eigenvalue weighted by molar-refractivity contribution is 0.589. The molecular weight excluding hydrogens is 407 g/mol. The van der Waals surface area contributed by atoms with Gasteiger partial charge in [-0.15, -0.1) is 0 Å². The third-order valence-corrected chi connectivity index (χ3v) is 5.06. The van der Waals surface area contributed by atoms with Gasteiger partial charge < -0.3 is 0 Å². The zero-order chi connectivity index (χ0) is 17.7. The molecule has 0 fully saturated rings. The van der Waals surface area contributed by atoms with Crippen LogP contribution < -0.4 is 0 Å². The third kappa shape index (κ3) is 3.37. The molecule has 3 heteroatoms. The predicted octanol–water partition coefficient (Wildman–Crippen LogP) is 6.23. The lowest BCUT2D eigenvalue weighted by Crippen LogP contribution is -2.12. The summed E-state index contributed by atoms with van der Waals surface area (Å²) >= 11 is 2.41. The highest BCUT2D eigenvalue weighted by molar-refractivity contribution is 14.1. The van der Waals surface area contributed by atoms with Gasteiger partial charge in [0.25, 0.3) is 0 Å². The summed E-state index contributed by atoms with van der Waals surface area (Å²) in [7, 11) is 0. The molecule has 0 unspecified atom stereocenters. The molecular formula is C21H25IN2. The van der Waals surface area contributed by atoms with E-state index in [1.165, 1.54) is 25.9 Å². The molecule has 2 aromatic carbocycles. The molecule has 3 rings (SSSR count). The van der Waals surface area contributed by atoms with Gasteiger partial charge in [-0.2, -0.15) is 0 Å². The molecule has 3 aromatic rings. The first kappa shape index (κ1) is 17.5. The van der Waals surface area contributed by atoms with Crippen LogP contribution in [0.25, 0.3) is 16.7 Å². The van der Waals surface area contributed by atoms with Crippen molar-refractivity contribution in [2.45, 2.75) is 52.4 Å². The van der Waals surface area contributed by atoms with Gasteiger partial charge in [-0.3, -0.25) is 4.57 Å². The van der Waals surface area contributed by atoms with E-state index in [-0.39, 0.29) is 10.8 Å². The van der Waals surface area contributed by atoms with Crippen LogP contribution in [0, 0.1) is 3.57 Å². The summed E-state index contributed by atoms with van der Waals surface area (Å²) < 4.78 is 3.46.